The van der Waals surface area contributed by atoms with E-state index in [0.29, 0.717) is 0 Å². The Balaban J connectivity index is 1.60. The van der Waals surface area contributed by atoms with Crippen LogP contribution >= 0.6 is 0 Å². The minimum absolute atomic E-state index is 0.866. The minimum Gasteiger partial charge on any atom is -0.399 e. The molecule has 0 amide bonds. The lowest BCUT2D eigenvalue weighted by Gasteiger charge is -2.04. The van der Waals surface area contributed by atoms with Gasteiger partial charge in [0.05, 0.1) is 0 Å². The first kappa shape index (κ1) is 10.5. The molecule has 0 heterocycles. The second-order valence-corrected chi connectivity index (χ2v) is 4.48. The molecule has 1 aromatic carbocycles. The fourth-order valence-electron chi connectivity index (χ4n) is 1.82. The minimum atomic E-state index is 0.866. The zero-order valence-electron chi connectivity index (χ0n) is 9.21. The van der Waals surface area contributed by atoms with Crippen LogP contribution < -0.4 is 11.1 Å². The molecule has 1 fully saturated rings. The lowest BCUT2D eigenvalue weighted by molar-refractivity contribution is 0.613. The average Bonchev–Trinajstić information content (AvgIpc) is 3.01. The second kappa shape index (κ2) is 5.17. The van der Waals surface area contributed by atoms with E-state index in [1.54, 1.807) is 0 Å². The summed E-state index contributed by atoms with van der Waals surface area (Å²) in [5.74, 6) is 1.03. The molecule has 0 unspecified atom stereocenters. The summed E-state index contributed by atoms with van der Waals surface area (Å²) in [5.41, 5.74) is 7.91. The predicted octanol–water partition coefficient (Wildman–Crippen LogP) is 2.20. The van der Waals surface area contributed by atoms with Crippen LogP contribution in [0.3, 0.4) is 0 Å². The van der Waals surface area contributed by atoms with E-state index in [9.17, 15) is 0 Å². The van der Waals surface area contributed by atoms with E-state index in [1.165, 1.54) is 31.4 Å². The Kier molecular flexibility index (Phi) is 3.62. The highest BCUT2D eigenvalue weighted by Crippen LogP contribution is 2.31. The Morgan fingerprint density at radius 3 is 2.87 bits per heavy atom. The smallest absolute Gasteiger partial charge is 0.0316 e. The van der Waals surface area contributed by atoms with Gasteiger partial charge in [0, 0.05) is 5.69 Å². The van der Waals surface area contributed by atoms with Gasteiger partial charge in [-0.25, -0.2) is 0 Å². The van der Waals surface area contributed by atoms with Gasteiger partial charge in [-0.15, -0.1) is 0 Å². The van der Waals surface area contributed by atoms with Crippen molar-refractivity contribution in [2.24, 2.45) is 5.92 Å². The van der Waals surface area contributed by atoms with E-state index in [2.05, 4.69) is 17.4 Å². The molecular weight excluding hydrogens is 184 g/mol. The molecule has 1 aromatic rings. The first-order valence-electron chi connectivity index (χ1n) is 5.90. The molecule has 0 aliphatic heterocycles. The van der Waals surface area contributed by atoms with Crippen molar-refractivity contribution in [3.8, 4) is 0 Å². The molecule has 2 heteroatoms. The Hall–Kier alpha value is -1.02. The lowest BCUT2D eigenvalue weighted by Crippen LogP contribution is -2.18. The topological polar surface area (TPSA) is 38.0 Å². The fraction of sp³-hybridized carbons (Fsp3) is 0.538. The van der Waals surface area contributed by atoms with Crippen LogP contribution in [0.2, 0.25) is 0 Å². The van der Waals surface area contributed by atoms with Gasteiger partial charge in [-0.3, -0.25) is 0 Å². The van der Waals surface area contributed by atoms with Crippen molar-refractivity contribution in [2.45, 2.75) is 25.7 Å². The number of benzene rings is 1. The van der Waals surface area contributed by atoms with Crippen molar-refractivity contribution < 1.29 is 0 Å². The molecule has 3 N–H and O–H groups in total. The Labute approximate surface area is 91.9 Å². The fourth-order valence-corrected chi connectivity index (χ4v) is 1.82. The van der Waals surface area contributed by atoms with E-state index >= 15 is 0 Å². The maximum atomic E-state index is 5.72. The highest BCUT2D eigenvalue weighted by Gasteiger charge is 2.19. The number of nitrogens with two attached hydrogens (primary N) is 1. The normalized spacial score (nSPS) is 15.5. The van der Waals surface area contributed by atoms with Gasteiger partial charge in [-0.1, -0.05) is 25.0 Å². The summed E-state index contributed by atoms with van der Waals surface area (Å²) in [5, 5.41) is 3.48. The molecule has 15 heavy (non-hydrogen) atoms. The standard InChI is InChI=1S/C13H20N2/c14-13-3-1-2-12(10-13)7-9-15-8-6-11-4-5-11/h1-3,10-11,15H,4-9,14H2. The summed E-state index contributed by atoms with van der Waals surface area (Å²) in [4.78, 5) is 0. The molecule has 0 saturated heterocycles. The quantitative estimate of drug-likeness (QED) is 0.550. The highest BCUT2D eigenvalue weighted by atomic mass is 14.8. The Morgan fingerprint density at radius 2 is 2.13 bits per heavy atom. The third-order valence-electron chi connectivity index (χ3n) is 2.97. The molecule has 1 aliphatic rings. The molecule has 1 saturated carbocycles. The van der Waals surface area contributed by atoms with Crippen LogP contribution in [0, 0.1) is 5.92 Å². The number of hydrogen-bond donors (Lipinski definition) is 2. The summed E-state index contributed by atoms with van der Waals surface area (Å²) < 4.78 is 0. The third kappa shape index (κ3) is 3.92. The molecule has 1 aliphatic carbocycles. The zero-order chi connectivity index (χ0) is 10.5. The summed E-state index contributed by atoms with van der Waals surface area (Å²) in [7, 11) is 0. The van der Waals surface area contributed by atoms with Gasteiger partial charge in [-0.05, 0) is 49.5 Å². The first-order chi connectivity index (χ1) is 7.34. The largest absolute Gasteiger partial charge is 0.399 e. The van der Waals surface area contributed by atoms with Crippen molar-refractivity contribution in [3.05, 3.63) is 29.8 Å². The number of anilines is 1. The van der Waals surface area contributed by atoms with Crippen molar-refractivity contribution in [3.63, 3.8) is 0 Å². The van der Waals surface area contributed by atoms with E-state index < -0.39 is 0 Å². The average molecular weight is 204 g/mol. The summed E-state index contributed by atoms with van der Waals surface area (Å²) in [6.45, 7) is 2.24. The number of nitrogens with one attached hydrogen (secondary N) is 1. The van der Waals surface area contributed by atoms with Crippen molar-refractivity contribution >= 4 is 5.69 Å². The molecular formula is C13H20N2. The number of nitrogen functional groups attached to an aromatic ring is 1. The van der Waals surface area contributed by atoms with Crippen LogP contribution in [0.5, 0.6) is 0 Å². The van der Waals surface area contributed by atoms with Gasteiger partial charge in [0.15, 0.2) is 0 Å². The van der Waals surface area contributed by atoms with Crippen LogP contribution in [-0.2, 0) is 6.42 Å². The van der Waals surface area contributed by atoms with Crippen LogP contribution in [0.15, 0.2) is 24.3 Å². The highest BCUT2D eigenvalue weighted by molar-refractivity contribution is 5.40. The molecule has 0 radical (unpaired) electrons. The molecule has 2 nitrogen and oxygen atoms in total. The summed E-state index contributed by atoms with van der Waals surface area (Å²) in [6, 6.07) is 8.15. The van der Waals surface area contributed by atoms with E-state index in [-0.39, 0.29) is 0 Å². The molecule has 2 rings (SSSR count). The van der Waals surface area contributed by atoms with Crippen molar-refractivity contribution in [2.75, 3.05) is 18.8 Å². The van der Waals surface area contributed by atoms with Crippen LogP contribution in [0.25, 0.3) is 0 Å². The van der Waals surface area contributed by atoms with Gasteiger partial charge >= 0.3 is 0 Å². The van der Waals surface area contributed by atoms with Gasteiger partial charge in [-0.2, -0.15) is 0 Å². The SMILES string of the molecule is Nc1cccc(CCNCCC2CC2)c1. The lowest BCUT2D eigenvalue weighted by atomic mass is 10.1. The maximum Gasteiger partial charge on any atom is 0.0316 e. The molecule has 0 spiro atoms. The van der Waals surface area contributed by atoms with Crippen LogP contribution in [0.1, 0.15) is 24.8 Å². The van der Waals surface area contributed by atoms with E-state index in [1.807, 2.05) is 12.1 Å². The molecule has 82 valence electrons. The predicted molar refractivity (Wildman–Crippen MR) is 64.8 cm³/mol. The van der Waals surface area contributed by atoms with Gasteiger partial charge in [0.2, 0.25) is 0 Å². The molecule has 0 aromatic heterocycles. The first-order valence-corrected chi connectivity index (χ1v) is 5.90. The maximum absolute atomic E-state index is 5.72. The number of rotatable bonds is 6. The van der Waals surface area contributed by atoms with E-state index in [4.69, 9.17) is 5.73 Å². The van der Waals surface area contributed by atoms with Gasteiger partial charge in [0.1, 0.15) is 0 Å². The van der Waals surface area contributed by atoms with Crippen molar-refractivity contribution in [1.82, 2.24) is 5.32 Å². The Morgan fingerprint density at radius 1 is 1.27 bits per heavy atom. The van der Waals surface area contributed by atoms with Gasteiger partial charge < -0.3 is 11.1 Å². The number of hydrogen-bond acceptors (Lipinski definition) is 2. The van der Waals surface area contributed by atoms with Crippen LogP contribution in [-0.4, -0.2) is 13.1 Å². The molecule has 0 bridgehead atoms. The van der Waals surface area contributed by atoms with Gasteiger partial charge in [0.25, 0.3) is 0 Å². The zero-order valence-corrected chi connectivity index (χ0v) is 9.21. The van der Waals surface area contributed by atoms with Crippen molar-refractivity contribution in [1.29, 1.82) is 0 Å². The molecule has 0 atom stereocenters. The van der Waals surface area contributed by atoms with Crippen LogP contribution in [0.4, 0.5) is 5.69 Å². The summed E-state index contributed by atoms with van der Waals surface area (Å²) >= 11 is 0. The third-order valence-corrected chi connectivity index (χ3v) is 2.97. The Bertz CT molecular complexity index is 305. The monoisotopic (exact) mass is 204 g/mol. The summed E-state index contributed by atoms with van der Waals surface area (Å²) in [6.07, 6.45) is 5.35. The van der Waals surface area contributed by atoms with E-state index in [0.717, 1.165) is 24.6 Å². The second-order valence-electron chi connectivity index (χ2n) is 4.48.